The molecule has 0 spiro atoms. The summed E-state index contributed by atoms with van der Waals surface area (Å²) >= 11 is 0. The Labute approximate surface area is 122 Å². The summed E-state index contributed by atoms with van der Waals surface area (Å²) in [5.41, 5.74) is 0.138. The summed E-state index contributed by atoms with van der Waals surface area (Å²) in [4.78, 5) is 34.8. The van der Waals surface area contributed by atoms with Crippen molar-refractivity contribution in [3.63, 3.8) is 0 Å². The highest BCUT2D eigenvalue weighted by atomic mass is 16.5. The van der Waals surface area contributed by atoms with Gasteiger partial charge in [-0.3, -0.25) is 4.79 Å². The summed E-state index contributed by atoms with van der Waals surface area (Å²) in [6.45, 7) is 0.258. The predicted molar refractivity (Wildman–Crippen MR) is 72.9 cm³/mol. The molecule has 1 N–H and O–H groups in total. The van der Waals surface area contributed by atoms with Gasteiger partial charge in [-0.15, -0.1) is 0 Å². The van der Waals surface area contributed by atoms with Crippen molar-refractivity contribution in [1.29, 1.82) is 0 Å². The van der Waals surface area contributed by atoms with Gasteiger partial charge in [-0.05, 0) is 12.1 Å². The van der Waals surface area contributed by atoms with E-state index in [4.69, 9.17) is 9.47 Å². The first kappa shape index (κ1) is 16.6. The lowest BCUT2D eigenvalue weighted by molar-refractivity contribution is -0.124. The number of methoxy groups -OCH3 is 2. The summed E-state index contributed by atoms with van der Waals surface area (Å²) in [5, 5.41) is 2.51. The highest BCUT2D eigenvalue weighted by Crippen LogP contribution is 2.11. The number of carbonyl (C=O) groups excluding carboxylic acids is 3. The topological polar surface area (TPSA) is 90.9 Å². The summed E-state index contributed by atoms with van der Waals surface area (Å²) in [6, 6.07) is 6.06. The van der Waals surface area contributed by atoms with Crippen LogP contribution in [0.15, 0.2) is 24.3 Å². The molecule has 0 aliphatic carbocycles. The van der Waals surface area contributed by atoms with Crippen LogP contribution in [-0.2, 0) is 19.0 Å². The first-order valence-corrected chi connectivity index (χ1v) is 6.20. The number of carbonyl (C=O) groups is 3. The first-order chi connectivity index (χ1) is 10.1. The molecule has 0 unspecified atom stereocenters. The smallest absolute Gasteiger partial charge is 0.339 e. The molecule has 0 saturated carbocycles. The average Bonchev–Trinajstić information content (AvgIpc) is 2.52. The summed E-state index contributed by atoms with van der Waals surface area (Å²) < 4.78 is 14.2. The molecule has 0 aliphatic heterocycles. The van der Waals surface area contributed by atoms with Gasteiger partial charge in [0.25, 0.3) is 5.91 Å². The molecule has 0 bridgehead atoms. The second kappa shape index (κ2) is 8.70. The van der Waals surface area contributed by atoms with E-state index < -0.39 is 24.5 Å². The Morgan fingerprint density at radius 1 is 1.05 bits per heavy atom. The molecule has 1 amide bonds. The molecule has 1 rings (SSSR count). The number of ether oxygens (including phenoxy) is 3. The third-order valence-electron chi connectivity index (χ3n) is 2.51. The number of hydrogen-bond acceptors (Lipinski definition) is 6. The van der Waals surface area contributed by atoms with E-state index in [1.165, 1.54) is 26.4 Å². The van der Waals surface area contributed by atoms with Crippen LogP contribution in [0, 0.1) is 0 Å². The van der Waals surface area contributed by atoms with Crippen LogP contribution in [0.2, 0.25) is 0 Å². The Kier molecular flexibility index (Phi) is 6.90. The first-order valence-electron chi connectivity index (χ1n) is 6.20. The van der Waals surface area contributed by atoms with Gasteiger partial charge in [0, 0.05) is 13.7 Å². The van der Waals surface area contributed by atoms with Gasteiger partial charge in [-0.25, -0.2) is 9.59 Å². The summed E-state index contributed by atoms with van der Waals surface area (Å²) in [7, 11) is 2.73. The molecular weight excluding hydrogens is 278 g/mol. The maximum Gasteiger partial charge on any atom is 0.339 e. The standard InChI is InChI=1S/C14H17NO6/c1-19-8-7-15-12(16)9-21-14(18)11-6-4-3-5-10(11)13(17)20-2/h3-6H,7-9H2,1-2H3,(H,15,16). The van der Waals surface area contributed by atoms with E-state index in [1.54, 1.807) is 12.1 Å². The second-order valence-electron chi connectivity index (χ2n) is 3.96. The van der Waals surface area contributed by atoms with Crippen molar-refractivity contribution in [2.45, 2.75) is 0 Å². The van der Waals surface area contributed by atoms with E-state index in [9.17, 15) is 14.4 Å². The summed E-state index contributed by atoms with van der Waals surface area (Å²) in [6.07, 6.45) is 0. The zero-order valence-corrected chi connectivity index (χ0v) is 11.9. The minimum Gasteiger partial charge on any atom is -0.465 e. The lowest BCUT2D eigenvalue weighted by Gasteiger charge is -2.08. The SMILES string of the molecule is COCCNC(=O)COC(=O)c1ccccc1C(=O)OC. The Morgan fingerprint density at radius 3 is 2.24 bits per heavy atom. The molecule has 0 fully saturated rings. The molecule has 0 radical (unpaired) electrons. The van der Waals surface area contributed by atoms with Gasteiger partial charge >= 0.3 is 11.9 Å². The Morgan fingerprint density at radius 2 is 1.67 bits per heavy atom. The molecule has 114 valence electrons. The van der Waals surface area contributed by atoms with Crippen LogP contribution in [0.25, 0.3) is 0 Å². The minimum atomic E-state index is -0.766. The Bertz CT molecular complexity index is 514. The molecule has 0 atom stereocenters. The third kappa shape index (κ3) is 5.23. The summed E-state index contributed by atoms with van der Waals surface area (Å²) in [5.74, 6) is -1.86. The van der Waals surface area contributed by atoms with Crippen molar-refractivity contribution < 1.29 is 28.6 Å². The molecule has 21 heavy (non-hydrogen) atoms. The van der Waals surface area contributed by atoms with Crippen LogP contribution < -0.4 is 5.32 Å². The van der Waals surface area contributed by atoms with Gasteiger partial charge in [-0.2, -0.15) is 0 Å². The lowest BCUT2D eigenvalue weighted by Crippen LogP contribution is -2.31. The van der Waals surface area contributed by atoms with Gasteiger partial charge in [-0.1, -0.05) is 12.1 Å². The van der Waals surface area contributed by atoms with E-state index in [0.717, 1.165) is 0 Å². The highest BCUT2D eigenvalue weighted by molar-refractivity contribution is 6.03. The highest BCUT2D eigenvalue weighted by Gasteiger charge is 2.18. The second-order valence-corrected chi connectivity index (χ2v) is 3.96. The van der Waals surface area contributed by atoms with E-state index in [0.29, 0.717) is 13.2 Å². The molecular formula is C14H17NO6. The van der Waals surface area contributed by atoms with Crippen molar-refractivity contribution in [2.24, 2.45) is 0 Å². The Balaban J connectivity index is 2.60. The fourth-order valence-electron chi connectivity index (χ4n) is 1.50. The predicted octanol–water partition coefficient (Wildman–Crippen LogP) is 0.393. The average molecular weight is 295 g/mol. The van der Waals surface area contributed by atoms with Crippen molar-refractivity contribution >= 4 is 17.8 Å². The normalized spacial score (nSPS) is 9.81. The number of esters is 2. The van der Waals surface area contributed by atoms with E-state index in [-0.39, 0.29) is 11.1 Å². The molecule has 0 saturated heterocycles. The number of benzene rings is 1. The lowest BCUT2D eigenvalue weighted by atomic mass is 10.1. The molecule has 0 heterocycles. The van der Waals surface area contributed by atoms with E-state index in [1.807, 2.05) is 0 Å². The maximum absolute atomic E-state index is 11.9. The van der Waals surface area contributed by atoms with Gasteiger partial charge in [0.2, 0.25) is 0 Å². The number of nitrogens with one attached hydrogen (secondary N) is 1. The fourth-order valence-corrected chi connectivity index (χ4v) is 1.50. The molecule has 0 aromatic heterocycles. The number of amides is 1. The zero-order valence-electron chi connectivity index (χ0n) is 11.9. The monoisotopic (exact) mass is 295 g/mol. The van der Waals surface area contributed by atoms with Crippen LogP contribution in [0.5, 0.6) is 0 Å². The number of rotatable bonds is 7. The third-order valence-corrected chi connectivity index (χ3v) is 2.51. The largest absolute Gasteiger partial charge is 0.465 e. The molecule has 1 aromatic carbocycles. The molecule has 7 heteroatoms. The number of hydrogen-bond donors (Lipinski definition) is 1. The van der Waals surface area contributed by atoms with Crippen molar-refractivity contribution in [2.75, 3.05) is 34.0 Å². The van der Waals surface area contributed by atoms with Gasteiger partial charge in [0.1, 0.15) is 0 Å². The Hall–Kier alpha value is -2.41. The van der Waals surface area contributed by atoms with Crippen molar-refractivity contribution in [3.8, 4) is 0 Å². The molecule has 1 aromatic rings. The van der Waals surface area contributed by atoms with Crippen molar-refractivity contribution in [3.05, 3.63) is 35.4 Å². The van der Waals surface area contributed by atoms with E-state index in [2.05, 4.69) is 10.1 Å². The zero-order chi connectivity index (χ0) is 15.7. The fraction of sp³-hybridized carbons (Fsp3) is 0.357. The van der Waals surface area contributed by atoms with Gasteiger partial charge < -0.3 is 19.5 Å². The van der Waals surface area contributed by atoms with E-state index >= 15 is 0 Å². The van der Waals surface area contributed by atoms with Crippen molar-refractivity contribution in [1.82, 2.24) is 5.32 Å². The maximum atomic E-state index is 11.9. The molecule has 0 aliphatic rings. The van der Waals surface area contributed by atoms with Crippen LogP contribution >= 0.6 is 0 Å². The van der Waals surface area contributed by atoms with Gasteiger partial charge in [0.15, 0.2) is 6.61 Å². The van der Waals surface area contributed by atoms with Crippen LogP contribution in [-0.4, -0.2) is 51.8 Å². The van der Waals surface area contributed by atoms with Crippen LogP contribution in [0.4, 0.5) is 0 Å². The minimum absolute atomic E-state index is 0.0500. The quantitative estimate of drug-likeness (QED) is 0.578. The van der Waals surface area contributed by atoms with Crippen LogP contribution in [0.1, 0.15) is 20.7 Å². The van der Waals surface area contributed by atoms with Gasteiger partial charge in [0.05, 0.1) is 24.8 Å². The molecule has 7 nitrogen and oxygen atoms in total. The van der Waals surface area contributed by atoms with Crippen LogP contribution in [0.3, 0.4) is 0 Å².